The Morgan fingerprint density at radius 1 is 1.15 bits per heavy atom. The smallest absolute Gasteiger partial charge is 0.292 e. The summed E-state index contributed by atoms with van der Waals surface area (Å²) in [6.45, 7) is 2.05. The van der Waals surface area contributed by atoms with Crippen LogP contribution >= 0.6 is 11.8 Å². The summed E-state index contributed by atoms with van der Waals surface area (Å²) in [6, 6.07) is 17.5. The van der Waals surface area contributed by atoms with E-state index in [1.807, 2.05) is 60.1 Å². The lowest BCUT2D eigenvalue weighted by Gasteiger charge is -2.10. The van der Waals surface area contributed by atoms with Gasteiger partial charge in [0.15, 0.2) is 5.76 Å². The summed E-state index contributed by atoms with van der Waals surface area (Å²) < 4.78 is 7.54. The van der Waals surface area contributed by atoms with Crippen LogP contribution in [0.3, 0.4) is 0 Å². The number of benzene rings is 2. The zero-order valence-electron chi connectivity index (χ0n) is 14.7. The van der Waals surface area contributed by atoms with E-state index in [9.17, 15) is 4.79 Å². The lowest BCUT2D eigenvalue weighted by Crippen LogP contribution is -2.15. The van der Waals surface area contributed by atoms with Crippen LogP contribution in [0.25, 0.3) is 16.7 Å². The summed E-state index contributed by atoms with van der Waals surface area (Å²) in [5.74, 6) is 2.47. The molecule has 2 aromatic heterocycles. The van der Waals surface area contributed by atoms with Crippen molar-refractivity contribution in [2.24, 2.45) is 0 Å². The second-order valence-electron chi connectivity index (χ2n) is 6.62. The molecule has 5 rings (SSSR count). The van der Waals surface area contributed by atoms with Crippen molar-refractivity contribution in [2.75, 3.05) is 5.32 Å². The van der Waals surface area contributed by atoms with Crippen molar-refractivity contribution in [1.29, 1.82) is 0 Å². The summed E-state index contributed by atoms with van der Waals surface area (Å²) in [4.78, 5) is 12.9. The second kappa shape index (κ2) is 6.32. The van der Waals surface area contributed by atoms with E-state index in [2.05, 4.69) is 5.32 Å². The summed E-state index contributed by atoms with van der Waals surface area (Å²) in [5, 5.41) is 8.68. The molecule has 1 amide bonds. The fourth-order valence-electron chi connectivity index (χ4n) is 3.28. The number of furan rings is 1. The van der Waals surface area contributed by atoms with Gasteiger partial charge in [0.25, 0.3) is 5.91 Å². The average molecular weight is 375 g/mol. The molecule has 0 saturated carbocycles. The lowest BCUT2D eigenvalue weighted by atomic mass is 10.2. The van der Waals surface area contributed by atoms with E-state index < -0.39 is 0 Å². The van der Waals surface area contributed by atoms with Crippen LogP contribution in [-0.2, 0) is 11.5 Å². The molecule has 0 aliphatic carbocycles. The molecule has 1 N–H and O–H groups in total. The standard InChI is InChI=1S/C21H17N3O2S/c1-13-6-8-15(9-7-13)24-20(16-11-27-12-17(16)23-24)22-21(25)19-10-14-4-2-3-5-18(14)26-19/h2-10H,11-12H2,1H3,(H,22,25). The third-order valence-electron chi connectivity index (χ3n) is 4.71. The predicted octanol–water partition coefficient (Wildman–Crippen LogP) is 4.93. The Morgan fingerprint density at radius 2 is 1.96 bits per heavy atom. The topological polar surface area (TPSA) is 60.1 Å². The lowest BCUT2D eigenvalue weighted by molar-refractivity contribution is 0.0998. The van der Waals surface area contributed by atoms with Crippen molar-refractivity contribution >= 4 is 34.5 Å². The third kappa shape index (κ3) is 2.82. The number of hydrogen-bond acceptors (Lipinski definition) is 4. The SMILES string of the molecule is Cc1ccc(-n2nc3c(c2NC(=O)c2cc4ccccc4o2)CSC3)cc1. The fraction of sp³-hybridized carbons (Fsp3) is 0.143. The van der Waals surface area contributed by atoms with E-state index >= 15 is 0 Å². The predicted molar refractivity (Wildman–Crippen MR) is 107 cm³/mol. The van der Waals surface area contributed by atoms with Crippen LogP contribution in [0.2, 0.25) is 0 Å². The highest BCUT2D eigenvalue weighted by Gasteiger charge is 2.25. The molecule has 0 spiro atoms. The Kier molecular flexibility index (Phi) is 3.79. The van der Waals surface area contributed by atoms with Crippen molar-refractivity contribution in [3.05, 3.63) is 77.2 Å². The van der Waals surface area contributed by atoms with Gasteiger partial charge in [0.05, 0.1) is 11.4 Å². The molecule has 6 heteroatoms. The summed E-state index contributed by atoms with van der Waals surface area (Å²) in [6.07, 6.45) is 0. The first kappa shape index (κ1) is 16.2. The van der Waals surface area contributed by atoms with E-state index in [1.165, 1.54) is 5.56 Å². The maximum absolute atomic E-state index is 12.9. The van der Waals surface area contributed by atoms with E-state index in [0.29, 0.717) is 11.3 Å². The number of nitrogens with one attached hydrogen (secondary N) is 1. The van der Waals surface area contributed by atoms with Gasteiger partial charge in [0.1, 0.15) is 11.4 Å². The van der Waals surface area contributed by atoms with Gasteiger partial charge in [0, 0.05) is 22.5 Å². The second-order valence-corrected chi connectivity index (χ2v) is 7.60. The molecule has 0 radical (unpaired) electrons. The van der Waals surface area contributed by atoms with Gasteiger partial charge in [-0.25, -0.2) is 4.68 Å². The number of rotatable bonds is 3. The first-order valence-electron chi connectivity index (χ1n) is 8.74. The maximum atomic E-state index is 12.9. The number of para-hydroxylation sites is 1. The molecule has 1 aliphatic heterocycles. The quantitative estimate of drug-likeness (QED) is 0.552. The van der Waals surface area contributed by atoms with Crippen molar-refractivity contribution in [3.8, 4) is 5.69 Å². The van der Waals surface area contributed by atoms with Gasteiger partial charge < -0.3 is 9.73 Å². The monoisotopic (exact) mass is 375 g/mol. The summed E-state index contributed by atoms with van der Waals surface area (Å²) >= 11 is 1.81. The highest BCUT2D eigenvalue weighted by atomic mass is 32.2. The number of hydrogen-bond donors (Lipinski definition) is 1. The molecule has 2 aromatic carbocycles. The largest absolute Gasteiger partial charge is 0.451 e. The molecule has 0 unspecified atom stereocenters. The molecule has 0 fully saturated rings. The summed E-state index contributed by atoms with van der Waals surface area (Å²) in [5.41, 5.74) is 4.93. The molecule has 0 saturated heterocycles. The molecule has 134 valence electrons. The Balaban J connectivity index is 1.54. The van der Waals surface area contributed by atoms with Crippen LogP contribution in [0.15, 0.2) is 59.0 Å². The molecule has 4 aromatic rings. The highest BCUT2D eigenvalue weighted by molar-refractivity contribution is 7.98. The normalized spacial score (nSPS) is 13.1. The third-order valence-corrected chi connectivity index (χ3v) is 5.68. The van der Waals surface area contributed by atoms with Crippen LogP contribution in [0.1, 0.15) is 27.4 Å². The van der Waals surface area contributed by atoms with Gasteiger partial charge in [-0.1, -0.05) is 35.9 Å². The molecule has 0 bridgehead atoms. The fourth-order valence-corrected chi connectivity index (χ4v) is 4.31. The molecule has 3 heterocycles. The number of anilines is 1. The minimum atomic E-state index is -0.265. The van der Waals surface area contributed by atoms with E-state index in [-0.39, 0.29) is 5.91 Å². The van der Waals surface area contributed by atoms with E-state index in [4.69, 9.17) is 9.52 Å². The molecular formula is C21H17N3O2S. The molecule has 0 atom stereocenters. The molecule has 27 heavy (non-hydrogen) atoms. The first-order chi connectivity index (χ1) is 13.2. The van der Waals surface area contributed by atoms with Crippen LogP contribution in [-0.4, -0.2) is 15.7 Å². The van der Waals surface area contributed by atoms with Crippen molar-refractivity contribution < 1.29 is 9.21 Å². The van der Waals surface area contributed by atoms with Gasteiger partial charge in [0.2, 0.25) is 0 Å². The minimum Gasteiger partial charge on any atom is -0.451 e. The summed E-state index contributed by atoms with van der Waals surface area (Å²) in [7, 11) is 0. The first-order valence-corrected chi connectivity index (χ1v) is 9.90. The molecule has 5 nitrogen and oxygen atoms in total. The number of aromatic nitrogens is 2. The van der Waals surface area contributed by atoms with E-state index in [1.54, 1.807) is 17.8 Å². The zero-order chi connectivity index (χ0) is 18.4. The molecule has 1 aliphatic rings. The molecular weight excluding hydrogens is 358 g/mol. The number of carbonyl (C=O) groups is 1. The van der Waals surface area contributed by atoms with E-state index in [0.717, 1.165) is 39.7 Å². The van der Waals surface area contributed by atoms with Crippen molar-refractivity contribution in [1.82, 2.24) is 9.78 Å². The maximum Gasteiger partial charge on any atom is 0.292 e. The van der Waals surface area contributed by atoms with Gasteiger partial charge in [-0.15, -0.1) is 0 Å². The number of aryl methyl sites for hydroxylation is 1. The number of fused-ring (bicyclic) bond motifs is 2. The Morgan fingerprint density at radius 3 is 2.78 bits per heavy atom. The zero-order valence-corrected chi connectivity index (χ0v) is 15.5. The van der Waals surface area contributed by atoms with Gasteiger partial charge >= 0.3 is 0 Å². The van der Waals surface area contributed by atoms with Crippen LogP contribution in [0.5, 0.6) is 0 Å². The minimum absolute atomic E-state index is 0.265. The highest BCUT2D eigenvalue weighted by Crippen LogP contribution is 2.36. The Hall–Kier alpha value is -2.99. The van der Waals surface area contributed by atoms with Crippen LogP contribution in [0, 0.1) is 6.92 Å². The van der Waals surface area contributed by atoms with Crippen molar-refractivity contribution in [2.45, 2.75) is 18.4 Å². The van der Waals surface area contributed by atoms with Gasteiger partial charge in [-0.05, 0) is 31.2 Å². The van der Waals surface area contributed by atoms with Crippen LogP contribution in [0.4, 0.5) is 5.82 Å². The van der Waals surface area contributed by atoms with Crippen molar-refractivity contribution in [3.63, 3.8) is 0 Å². The van der Waals surface area contributed by atoms with Gasteiger partial charge in [-0.3, -0.25) is 4.79 Å². The number of nitrogens with zero attached hydrogens (tertiary/aromatic N) is 2. The van der Waals surface area contributed by atoms with Gasteiger partial charge in [-0.2, -0.15) is 16.9 Å². The Bertz CT molecular complexity index is 1130. The average Bonchev–Trinajstić information content (AvgIpc) is 3.37. The number of thioether (sulfide) groups is 1. The number of carbonyl (C=O) groups excluding carboxylic acids is 1. The number of amides is 1. The van der Waals surface area contributed by atoms with Crippen LogP contribution < -0.4 is 5.32 Å². The Labute approximate surface area is 160 Å².